The van der Waals surface area contributed by atoms with Crippen LogP contribution in [-0.4, -0.2) is 27.7 Å². The molecule has 0 saturated carbocycles. The Hall–Kier alpha value is -2.26. The zero-order valence-corrected chi connectivity index (χ0v) is 17.6. The maximum Gasteiger partial charge on any atom is 0.673 e. The Bertz CT molecular complexity index is 846. The fourth-order valence-corrected chi connectivity index (χ4v) is 4.13. The molecule has 3 aromatic rings. The molecule has 0 fully saturated rings. The number of hydrogen-bond acceptors (Lipinski definition) is 3. The van der Waals surface area contributed by atoms with Crippen LogP contribution in [0.5, 0.6) is 11.5 Å². The lowest BCUT2D eigenvalue weighted by molar-refractivity contribution is 0.368. The van der Waals surface area contributed by atoms with E-state index >= 15 is 0 Å². The molecule has 1 aromatic heterocycles. The zero-order chi connectivity index (χ0) is 21.4. The van der Waals surface area contributed by atoms with Crippen LogP contribution >= 0.6 is 23.1 Å². The van der Waals surface area contributed by atoms with Crippen LogP contribution in [0.3, 0.4) is 0 Å². The second-order valence-electron chi connectivity index (χ2n) is 5.68. The molecule has 0 saturated heterocycles. The Morgan fingerprint density at radius 1 is 0.724 bits per heavy atom. The van der Waals surface area contributed by atoms with Gasteiger partial charge in [0.15, 0.2) is 0 Å². The van der Waals surface area contributed by atoms with E-state index in [1.165, 1.54) is 25.8 Å². The zero-order valence-electron chi connectivity index (χ0n) is 16.0. The highest BCUT2D eigenvalue weighted by atomic mass is 32.2. The third kappa shape index (κ3) is 7.59. The van der Waals surface area contributed by atoms with Crippen LogP contribution in [0.1, 0.15) is 0 Å². The summed E-state index contributed by atoms with van der Waals surface area (Å²) < 4.78 is 49.5. The number of benzene rings is 2. The van der Waals surface area contributed by atoms with E-state index in [-0.39, 0.29) is 0 Å². The average molecular weight is 442 g/mol. The topological polar surface area (TPSA) is 18.5 Å². The van der Waals surface area contributed by atoms with Crippen LogP contribution in [0.2, 0.25) is 0 Å². The van der Waals surface area contributed by atoms with Crippen molar-refractivity contribution in [2.45, 2.75) is 4.90 Å². The molecule has 0 radical (unpaired) electrons. The fourth-order valence-electron chi connectivity index (χ4n) is 2.39. The standard InChI is InChI=1S/C20H19O2S2.BF4/c1-21-16-8-4-14(5-9-16)19-12-18(23-3)13-20(24-19)15-6-10-17(22-2)11-7-15;2-1(3,4)5/h4-13H,1-3H3;/q+1;-1. The van der Waals surface area contributed by atoms with Crippen molar-refractivity contribution in [3.05, 3.63) is 60.7 Å². The van der Waals surface area contributed by atoms with Crippen LogP contribution in [-0.2, 0) is 0 Å². The predicted octanol–water partition coefficient (Wildman–Crippen LogP) is 7.40. The van der Waals surface area contributed by atoms with Crippen molar-refractivity contribution in [2.24, 2.45) is 0 Å². The molecular weight excluding hydrogens is 423 g/mol. The summed E-state index contributed by atoms with van der Waals surface area (Å²) in [5, 5.41) is 0. The summed E-state index contributed by atoms with van der Waals surface area (Å²) in [7, 11) is -2.62. The fraction of sp³-hybridized carbons (Fsp3) is 0.150. The molecule has 29 heavy (non-hydrogen) atoms. The summed E-state index contributed by atoms with van der Waals surface area (Å²) in [4.78, 5) is 3.75. The molecule has 0 spiro atoms. The van der Waals surface area contributed by atoms with Crippen molar-refractivity contribution in [3.8, 4) is 32.4 Å². The number of ether oxygens (including phenoxy) is 2. The predicted molar refractivity (Wildman–Crippen MR) is 115 cm³/mol. The lowest BCUT2D eigenvalue weighted by Crippen LogP contribution is -2.02. The second kappa shape index (κ2) is 10.5. The Morgan fingerprint density at radius 3 is 1.34 bits per heavy atom. The van der Waals surface area contributed by atoms with Gasteiger partial charge >= 0.3 is 7.25 Å². The molecular formula is C20H19BF4O2S2. The van der Waals surface area contributed by atoms with Gasteiger partial charge in [-0.3, -0.25) is 0 Å². The van der Waals surface area contributed by atoms with Gasteiger partial charge in [-0.1, -0.05) is 0 Å². The van der Waals surface area contributed by atoms with Crippen molar-refractivity contribution >= 4 is 30.4 Å². The van der Waals surface area contributed by atoms with Gasteiger partial charge in [0.05, 0.1) is 14.2 Å². The van der Waals surface area contributed by atoms with Crippen molar-refractivity contribution in [3.63, 3.8) is 0 Å². The van der Waals surface area contributed by atoms with Gasteiger partial charge in [0, 0.05) is 28.2 Å². The summed E-state index contributed by atoms with van der Waals surface area (Å²) in [6.07, 6.45) is 2.11. The maximum atomic E-state index is 9.75. The first-order valence-electron chi connectivity index (χ1n) is 8.42. The highest BCUT2D eigenvalue weighted by Crippen LogP contribution is 2.37. The first-order valence-corrected chi connectivity index (χ1v) is 10.5. The Kier molecular flexibility index (Phi) is 8.34. The van der Waals surface area contributed by atoms with Gasteiger partial charge in [0.1, 0.15) is 11.5 Å². The van der Waals surface area contributed by atoms with E-state index in [0.717, 1.165) is 11.5 Å². The molecule has 154 valence electrons. The molecule has 0 atom stereocenters. The molecule has 2 nitrogen and oxygen atoms in total. The number of halogens is 4. The molecule has 0 aliphatic rings. The lowest BCUT2D eigenvalue weighted by Gasteiger charge is -2.02. The minimum atomic E-state index is -6.00. The average Bonchev–Trinajstić information content (AvgIpc) is 2.72. The summed E-state index contributed by atoms with van der Waals surface area (Å²) in [6.45, 7) is 0. The van der Waals surface area contributed by atoms with Crippen molar-refractivity contribution < 1.29 is 26.7 Å². The van der Waals surface area contributed by atoms with Crippen LogP contribution in [0.4, 0.5) is 17.3 Å². The van der Waals surface area contributed by atoms with Gasteiger partial charge in [-0.15, -0.1) is 11.8 Å². The number of thioether (sulfide) groups is 1. The highest BCUT2D eigenvalue weighted by Gasteiger charge is 2.20. The summed E-state index contributed by atoms with van der Waals surface area (Å²) in [5.74, 6) is 1.75. The van der Waals surface area contributed by atoms with Crippen molar-refractivity contribution in [1.29, 1.82) is 0 Å². The van der Waals surface area contributed by atoms with E-state index in [2.05, 4.69) is 42.7 Å². The van der Waals surface area contributed by atoms with E-state index in [1.54, 1.807) is 37.3 Å². The Morgan fingerprint density at radius 2 is 1.07 bits per heavy atom. The van der Waals surface area contributed by atoms with Crippen molar-refractivity contribution in [2.75, 3.05) is 20.5 Å². The van der Waals surface area contributed by atoms with E-state index in [4.69, 9.17) is 9.47 Å². The van der Waals surface area contributed by atoms with Gasteiger partial charge < -0.3 is 26.7 Å². The van der Waals surface area contributed by atoms with E-state index in [1.807, 2.05) is 24.3 Å². The lowest BCUT2D eigenvalue weighted by atomic mass is 10.1. The van der Waals surface area contributed by atoms with Crippen LogP contribution in [0.15, 0.2) is 65.6 Å². The molecule has 3 rings (SSSR count). The van der Waals surface area contributed by atoms with E-state index < -0.39 is 7.25 Å². The minimum Gasteiger partial charge on any atom is -0.497 e. The molecule has 0 aliphatic heterocycles. The monoisotopic (exact) mass is 442 g/mol. The summed E-state index contributed by atoms with van der Waals surface area (Å²) in [6, 6.07) is 20.9. The molecule has 9 heteroatoms. The molecule has 2 aromatic carbocycles. The third-order valence-corrected chi connectivity index (χ3v) is 5.61. The van der Waals surface area contributed by atoms with E-state index in [9.17, 15) is 17.3 Å². The smallest absolute Gasteiger partial charge is 0.497 e. The summed E-state index contributed by atoms with van der Waals surface area (Å²) >= 11 is 3.55. The molecule has 0 amide bonds. The minimum absolute atomic E-state index is 0.875. The van der Waals surface area contributed by atoms with Crippen LogP contribution in [0.25, 0.3) is 20.9 Å². The third-order valence-electron chi connectivity index (χ3n) is 3.75. The maximum absolute atomic E-state index is 9.75. The van der Waals surface area contributed by atoms with E-state index in [0.29, 0.717) is 0 Å². The highest BCUT2D eigenvalue weighted by molar-refractivity contribution is 7.98. The van der Waals surface area contributed by atoms with Gasteiger partial charge in [0.25, 0.3) is 0 Å². The number of hydrogen-bond donors (Lipinski definition) is 0. The molecule has 1 heterocycles. The molecule has 0 N–H and O–H groups in total. The first kappa shape index (κ1) is 23.0. The number of rotatable bonds is 5. The first-order chi connectivity index (χ1) is 13.7. The van der Waals surface area contributed by atoms with Crippen LogP contribution in [0, 0.1) is 0 Å². The SMILES string of the molecule is COc1ccc(-c2cc(SC)cc(-c3ccc(OC)cc3)[s+]2)cc1.F[B-](F)(F)F. The quantitative estimate of drug-likeness (QED) is 0.178. The largest absolute Gasteiger partial charge is 0.673 e. The molecule has 0 bridgehead atoms. The molecule has 0 aliphatic carbocycles. The number of methoxy groups -OCH3 is 2. The van der Waals surface area contributed by atoms with Gasteiger partial charge in [-0.05, 0) is 54.8 Å². The Labute approximate surface area is 175 Å². The summed E-state index contributed by atoms with van der Waals surface area (Å²) in [5.41, 5.74) is 2.40. The normalized spacial score (nSPS) is 10.7. The van der Waals surface area contributed by atoms with Crippen LogP contribution < -0.4 is 9.47 Å². The van der Waals surface area contributed by atoms with Gasteiger partial charge in [-0.2, -0.15) is 0 Å². The van der Waals surface area contributed by atoms with Gasteiger partial charge in [-0.25, -0.2) is 0 Å². The Balaban J connectivity index is 0.000000537. The van der Waals surface area contributed by atoms with Gasteiger partial charge in [0.2, 0.25) is 21.1 Å². The second-order valence-corrected chi connectivity index (χ2v) is 7.64. The molecule has 0 unspecified atom stereocenters. The van der Waals surface area contributed by atoms with Crippen molar-refractivity contribution in [1.82, 2.24) is 0 Å².